The number of hydrogen-bond donors (Lipinski definition) is 0. The zero-order valence-corrected chi connectivity index (χ0v) is 14.7. The van der Waals surface area contributed by atoms with Crippen LogP contribution in [0, 0.1) is 3.57 Å². The van der Waals surface area contributed by atoms with Crippen molar-refractivity contribution in [2.75, 3.05) is 18.1 Å². The average Bonchev–Trinajstić information content (AvgIpc) is 2.59. The number of ether oxygens (including phenoxy) is 1. The summed E-state index contributed by atoms with van der Waals surface area (Å²) in [7, 11) is 0. The molecule has 0 unspecified atom stereocenters. The van der Waals surface area contributed by atoms with Crippen molar-refractivity contribution in [1.82, 2.24) is 0 Å². The number of fused-ring (bicyclic) bond motifs is 1. The first-order valence-corrected chi connectivity index (χ1v) is 8.54. The molecule has 23 heavy (non-hydrogen) atoms. The van der Waals surface area contributed by atoms with E-state index in [2.05, 4.69) is 22.6 Å². The van der Waals surface area contributed by atoms with Crippen LogP contribution < -0.4 is 4.90 Å². The fourth-order valence-electron chi connectivity index (χ4n) is 2.70. The number of para-hydroxylation sites is 1. The third-order valence-corrected chi connectivity index (χ3v) is 4.47. The Morgan fingerprint density at radius 3 is 2.78 bits per heavy atom. The van der Waals surface area contributed by atoms with Gasteiger partial charge in [-0.3, -0.25) is 4.79 Å². The van der Waals surface area contributed by atoms with Crippen molar-refractivity contribution >= 4 is 40.2 Å². The van der Waals surface area contributed by atoms with E-state index in [1.165, 1.54) is 0 Å². The van der Waals surface area contributed by atoms with E-state index in [0.29, 0.717) is 12.1 Å². The molecule has 1 heterocycles. The molecule has 1 amide bonds. The zero-order chi connectivity index (χ0) is 16.2. The topological polar surface area (TPSA) is 46.6 Å². The summed E-state index contributed by atoms with van der Waals surface area (Å²) < 4.78 is 6.13. The maximum atomic E-state index is 12.4. The second-order valence-electron chi connectivity index (χ2n) is 5.36. The Labute approximate surface area is 148 Å². The molecular formula is C18H16INO3. The van der Waals surface area contributed by atoms with Crippen molar-refractivity contribution in [3.8, 4) is 0 Å². The molecule has 2 aromatic rings. The molecule has 0 atom stereocenters. The molecule has 0 aromatic heterocycles. The van der Waals surface area contributed by atoms with Gasteiger partial charge in [-0.2, -0.15) is 0 Å². The Hall–Kier alpha value is -1.89. The molecule has 0 aliphatic carbocycles. The van der Waals surface area contributed by atoms with Crippen LogP contribution in [0.15, 0.2) is 48.5 Å². The first-order chi connectivity index (χ1) is 11.1. The van der Waals surface area contributed by atoms with E-state index < -0.39 is 5.97 Å². The number of hydrogen-bond acceptors (Lipinski definition) is 3. The molecule has 1 aliphatic rings. The van der Waals surface area contributed by atoms with Gasteiger partial charge in [0, 0.05) is 15.8 Å². The molecule has 1 aliphatic heterocycles. The number of carbonyl (C=O) groups is 2. The first-order valence-electron chi connectivity index (χ1n) is 7.46. The first kappa shape index (κ1) is 16.0. The molecule has 0 saturated carbocycles. The lowest BCUT2D eigenvalue weighted by Gasteiger charge is -2.29. The third kappa shape index (κ3) is 3.72. The minimum Gasteiger partial charge on any atom is -0.452 e. The number of benzene rings is 2. The highest BCUT2D eigenvalue weighted by molar-refractivity contribution is 14.1. The van der Waals surface area contributed by atoms with Gasteiger partial charge in [0.1, 0.15) is 0 Å². The number of esters is 1. The lowest BCUT2D eigenvalue weighted by molar-refractivity contribution is -0.121. The highest BCUT2D eigenvalue weighted by Gasteiger charge is 2.23. The molecule has 0 saturated heterocycles. The van der Waals surface area contributed by atoms with Crippen LogP contribution in [0.4, 0.5) is 5.69 Å². The zero-order valence-electron chi connectivity index (χ0n) is 12.5. The van der Waals surface area contributed by atoms with Crippen LogP contribution in [-0.4, -0.2) is 25.0 Å². The van der Waals surface area contributed by atoms with Gasteiger partial charge in [-0.05, 0) is 65.3 Å². The summed E-state index contributed by atoms with van der Waals surface area (Å²) in [6, 6.07) is 15.0. The van der Waals surface area contributed by atoms with Crippen molar-refractivity contribution in [3.63, 3.8) is 0 Å². The fourth-order valence-corrected chi connectivity index (χ4v) is 3.24. The number of anilines is 1. The molecule has 2 aromatic carbocycles. The van der Waals surface area contributed by atoms with Crippen LogP contribution in [0.2, 0.25) is 0 Å². The quantitative estimate of drug-likeness (QED) is 0.564. The molecule has 0 N–H and O–H groups in total. The summed E-state index contributed by atoms with van der Waals surface area (Å²) in [6.07, 6.45) is 1.90. The van der Waals surface area contributed by atoms with Gasteiger partial charge < -0.3 is 9.64 Å². The smallest absolute Gasteiger partial charge is 0.338 e. The van der Waals surface area contributed by atoms with E-state index in [1.807, 2.05) is 30.3 Å². The van der Waals surface area contributed by atoms with Gasteiger partial charge in [0.15, 0.2) is 6.61 Å². The SMILES string of the molecule is O=C(OCC(=O)N1CCCc2ccccc21)c1cccc(I)c1. The highest BCUT2D eigenvalue weighted by atomic mass is 127. The molecule has 4 nitrogen and oxygen atoms in total. The van der Waals surface area contributed by atoms with E-state index in [9.17, 15) is 9.59 Å². The van der Waals surface area contributed by atoms with Crippen molar-refractivity contribution < 1.29 is 14.3 Å². The minimum atomic E-state index is -0.470. The lowest BCUT2D eigenvalue weighted by Crippen LogP contribution is -2.38. The van der Waals surface area contributed by atoms with Crippen LogP contribution in [0.5, 0.6) is 0 Å². The number of carbonyl (C=O) groups excluding carboxylic acids is 2. The monoisotopic (exact) mass is 421 g/mol. The Morgan fingerprint density at radius 2 is 1.96 bits per heavy atom. The van der Waals surface area contributed by atoms with Gasteiger partial charge in [0.05, 0.1) is 5.56 Å². The molecule has 3 rings (SSSR count). The standard InChI is InChI=1S/C18H16INO3/c19-15-8-3-6-14(11-15)18(22)23-12-17(21)20-10-4-7-13-5-1-2-9-16(13)20/h1-3,5-6,8-9,11H,4,7,10,12H2. The second-order valence-corrected chi connectivity index (χ2v) is 6.61. The Balaban J connectivity index is 1.65. The highest BCUT2D eigenvalue weighted by Crippen LogP contribution is 2.26. The van der Waals surface area contributed by atoms with E-state index in [-0.39, 0.29) is 12.5 Å². The van der Waals surface area contributed by atoms with Crippen molar-refractivity contribution in [2.45, 2.75) is 12.8 Å². The number of nitrogens with zero attached hydrogens (tertiary/aromatic N) is 1. The minimum absolute atomic E-state index is 0.184. The van der Waals surface area contributed by atoms with Gasteiger partial charge in [-0.1, -0.05) is 24.3 Å². The summed E-state index contributed by atoms with van der Waals surface area (Å²) in [5.74, 6) is -0.654. The van der Waals surface area contributed by atoms with Crippen LogP contribution in [0.1, 0.15) is 22.3 Å². The van der Waals surface area contributed by atoms with Gasteiger partial charge >= 0.3 is 5.97 Å². The van der Waals surface area contributed by atoms with E-state index in [1.54, 1.807) is 23.1 Å². The van der Waals surface area contributed by atoms with Crippen LogP contribution in [0.3, 0.4) is 0 Å². The number of halogens is 1. The normalized spacial score (nSPS) is 13.3. The summed E-state index contributed by atoms with van der Waals surface area (Å²) in [5.41, 5.74) is 2.55. The van der Waals surface area contributed by atoms with Gasteiger partial charge in [0.25, 0.3) is 5.91 Å². The van der Waals surface area contributed by atoms with E-state index in [4.69, 9.17) is 4.74 Å². The summed E-state index contributed by atoms with van der Waals surface area (Å²) in [6.45, 7) is 0.426. The summed E-state index contributed by atoms with van der Waals surface area (Å²) in [5, 5.41) is 0. The van der Waals surface area contributed by atoms with E-state index >= 15 is 0 Å². The second kappa shape index (κ2) is 7.12. The van der Waals surface area contributed by atoms with E-state index in [0.717, 1.165) is 27.7 Å². The maximum Gasteiger partial charge on any atom is 0.338 e. The average molecular weight is 421 g/mol. The number of rotatable bonds is 3. The molecule has 0 radical (unpaired) electrons. The molecule has 5 heteroatoms. The molecule has 118 valence electrons. The molecule has 0 fully saturated rings. The Bertz CT molecular complexity index is 745. The van der Waals surface area contributed by atoms with Crippen molar-refractivity contribution in [3.05, 3.63) is 63.2 Å². The predicted molar refractivity (Wildman–Crippen MR) is 96.6 cm³/mol. The Morgan fingerprint density at radius 1 is 1.13 bits per heavy atom. The molecule has 0 spiro atoms. The van der Waals surface area contributed by atoms with Gasteiger partial charge in [-0.15, -0.1) is 0 Å². The number of amides is 1. The summed E-state index contributed by atoms with van der Waals surface area (Å²) in [4.78, 5) is 26.2. The fraction of sp³-hybridized carbons (Fsp3) is 0.222. The number of aryl methyl sites for hydroxylation is 1. The van der Waals surface area contributed by atoms with Gasteiger partial charge in [0.2, 0.25) is 0 Å². The van der Waals surface area contributed by atoms with Crippen molar-refractivity contribution in [1.29, 1.82) is 0 Å². The van der Waals surface area contributed by atoms with Gasteiger partial charge in [-0.25, -0.2) is 4.79 Å². The Kier molecular flexibility index (Phi) is 4.95. The third-order valence-electron chi connectivity index (χ3n) is 3.80. The molecular weight excluding hydrogens is 405 g/mol. The predicted octanol–water partition coefficient (Wildman–Crippen LogP) is 3.43. The molecule has 0 bridgehead atoms. The lowest BCUT2D eigenvalue weighted by atomic mass is 10.0. The largest absolute Gasteiger partial charge is 0.452 e. The van der Waals surface area contributed by atoms with Crippen LogP contribution in [0.25, 0.3) is 0 Å². The summed E-state index contributed by atoms with van der Waals surface area (Å²) >= 11 is 2.13. The maximum absolute atomic E-state index is 12.4. The van der Waals surface area contributed by atoms with Crippen LogP contribution >= 0.6 is 22.6 Å². The van der Waals surface area contributed by atoms with Crippen LogP contribution in [-0.2, 0) is 16.0 Å². The van der Waals surface area contributed by atoms with Crippen molar-refractivity contribution in [2.24, 2.45) is 0 Å².